The first-order valence-electron chi connectivity index (χ1n) is 11.5. The third-order valence-electron chi connectivity index (χ3n) is 6.66. The number of ether oxygens (including phenoxy) is 1. The molecule has 2 aromatic carbocycles. The van der Waals surface area contributed by atoms with Gasteiger partial charge in [-0.15, -0.1) is 0 Å². The van der Waals surface area contributed by atoms with Crippen LogP contribution in [0.15, 0.2) is 47.3 Å². The second-order valence-corrected chi connectivity index (χ2v) is 9.17. The van der Waals surface area contributed by atoms with E-state index in [-0.39, 0.29) is 17.8 Å². The summed E-state index contributed by atoms with van der Waals surface area (Å²) in [5.74, 6) is 1.72. The molecule has 2 aliphatic rings. The van der Waals surface area contributed by atoms with Gasteiger partial charge in [-0.1, -0.05) is 24.3 Å². The van der Waals surface area contributed by atoms with Crippen molar-refractivity contribution in [3.63, 3.8) is 0 Å². The summed E-state index contributed by atoms with van der Waals surface area (Å²) in [6, 6.07) is 14.3. The van der Waals surface area contributed by atoms with Gasteiger partial charge in [0, 0.05) is 24.2 Å². The van der Waals surface area contributed by atoms with Gasteiger partial charge >= 0.3 is 5.69 Å². The van der Waals surface area contributed by atoms with Gasteiger partial charge in [0.15, 0.2) is 0 Å². The minimum atomic E-state index is -0.641. The van der Waals surface area contributed by atoms with Crippen LogP contribution in [0, 0.1) is 5.92 Å². The number of hydrogen-bond acceptors (Lipinski definition) is 4. The Labute approximate surface area is 182 Å². The van der Waals surface area contributed by atoms with Gasteiger partial charge in [-0.25, -0.2) is 4.79 Å². The molecule has 0 radical (unpaired) electrons. The predicted octanol–water partition coefficient (Wildman–Crippen LogP) is 3.54. The molecule has 3 atom stereocenters. The molecule has 3 N–H and O–H groups in total. The predicted molar refractivity (Wildman–Crippen MR) is 122 cm³/mol. The van der Waals surface area contributed by atoms with Gasteiger partial charge < -0.3 is 20.1 Å². The zero-order valence-corrected chi connectivity index (χ0v) is 18.0. The molecule has 164 valence electrons. The van der Waals surface area contributed by atoms with E-state index in [2.05, 4.69) is 41.5 Å². The number of aromatic nitrogens is 2. The largest absolute Gasteiger partial charge is 0.493 e. The van der Waals surface area contributed by atoms with Crippen LogP contribution in [0.5, 0.6) is 5.75 Å². The summed E-state index contributed by atoms with van der Waals surface area (Å²) >= 11 is 0. The van der Waals surface area contributed by atoms with Crippen molar-refractivity contribution in [1.82, 2.24) is 14.9 Å². The molecule has 1 aliphatic heterocycles. The number of rotatable bonds is 8. The number of imidazole rings is 1. The number of aryl methyl sites for hydroxylation is 2. The first-order chi connectivity index (χ1) is 15.1. The van der Waals surface area contributed by atoms with Crippen molar-refractivity contribution in [2.75, 3.05) is 6.61 Å². The van der Waals surface area contributed by atoms with Crippen LogP contribution in [0.2, 0.25) is 0 Å². The fourth-order valence-corrected chi connectivity index (χ4v) is 4.60. The Hall–Kier alpha value is -2.57. The van der Waals surface area contributed by atoms with E-state index >= 15 is 0 Å². The van der Waals surface area contributed by atoms with E-state index < -0.39 is 6.10 Å². The van der Waals surface area contributed by atoms with Crippen LogP contribution < -0.4 is 15.7 Å². The van der Waals surface area contributed by atoms with E-state index in [1.54, 1.807) is 4.57 Å². The van der Waals surface area contributed by atoms with Gasteiger partial charge in [0.25, 0.3) is 0 Å². The Morgan fingerprint density at radius 2 is 2.00 bits per heavy atom. The molecular formula is C25H31N3O3. The topological polar surface area (TPSA) is 79.3 Å². The average molecular weight is 422 g/mol. The lowest BCUT2D eigenvalue weighted by Crippen LogP contribution is -2.41. The van der Waals surface area contributed by atoms with Crippen molar-refractivity contribution in [3.05, 3.63) is 64.1 Å². The molecular weight excluding hydrogens is 390 g/mol. The summed E-state index contributed by atoms with van der Waals surface area (Å²) in [5.41, 5.74) is 3.63. The van der Waals surface area contributed by atoms with Crippen molar-refractivity contribution >= 4 is 11.0 Å². The van der Waals surface area contributed by atoms with Gasteiger partial charge in [-0.3, -0.25) is 4.57 Å². The maximum atomic E-state index is 12.3. The van der Waals surface area contributed by atoms with Gasteiger partial charge in [-0.05, 0) is 68.7 Å². The molecule has 31 heavy (non-hydrogen) atoms. The minimum absolute atomic E-state index is 0.0851. The van der Waals surface area contributed by atoms with Crippen LogP contribution in [0.25, 0.3) is 11.0 Å². The zero-order chi connectivity index (χ0) is 21.4. The number of para-hydroxylation sites is 1. The lowest BCUT2D eigenvalue weighted by Gasteiger charge is -2.26. The van der Waals surface area contributed by atoms with E-state index in [0.717, 1.165) is 47.7 Å². The van der Waals surface area contributed by atoms with E-state index in [1.807, 2.05) is 18.2 Å². The van der Waals surface area contributed by atoms with Gasteiger partial charge in [0.2, 0.25) is 0 Å². The fraction of sp³-hybridized carbons (Fsp3) is 0.480. The highest BCUT2D eigenvalue weighted by Gasteiger charge is 2.29. The van der Waals surface area contributed by atoms with Crippen molar-refractivity contribution < 1.29 is 9.84 Å². The molecule has 0 spiro atoms. The van der Waals surface area contributed by atoms with Crippen molar-refractivity contribution in [1.29, 1.82) is 0 Å². The molecule has 6 nitrogen and oxygen atoms in total. The summed E-state index contributed by atoms with van der Waals surface area (Å²) in [5, 5.41) is 14.7. The summed E-state index contributed by atoms with van der Waals surface area (Å²) in [4.78, 5) is 15.2. The maximum absolute atomic E-state index is 12.3. The highest BCUT2D eigenvalue weighted by Crippen LogP contribution is 2.31. The standard InChI is InChI=1S/C25H31N3O3/c1-16(5-6-17-9-11-19(12-10-17)31-15-18-7-8-18)26-22-13-14-28-23-20(24(22)29)3-2-4-21(23)27-25(28)30/h2-4,9-12,16,18,22,24,26,29H,5-8,13-15H2,1H3,(H,27,30)/t16-,22+,24+/m0/s1. The van der Waals surface area contributed by atoms with Gasteiger partial charge in [-0.2, -0.15) is 0 Å². The molecule has 1 fully saturated rings. The fourth-order valence-electron chi connectivity index (χ4n) is 4.60. The van der Waals surface area contributed by atoms with Crippen LogP contribution in [-0.4, -0.2) is 33.3 Å². The van der Waals surface area contributed by atoms with Crippen LogP contribution in [0.1, 0.15) is 49.8 Å². The van der Waals surface area contributed by atoms with Crippen molar-refractivity contribution in [3.8, 4) is 5.75 Å². The Morgan fingerprint density at radius 1 is 1.19 bits per heavy atom. The Balaban J connectivity index is 1.18. The molecule has 1 aromatic heterocycles. The number of aromatic amines is 1. The maximum Gasteiger partial charge on any atom is 0.326 e. The smallest absolute Gasteiger partial charge is 0.326 e. The molecule has 0 saturated heterocycles. The first-order valence-corrected chi connectivity index (χ1v) is 11.5. The number of hydrogen-bond donors (Lipinski definition) is 3. The molecule has 5 rings (SSSR count). The molecule has 0 bridgehead atoms. The summed E-state index contributed by atoms with van der Waals surface area (Å²) in [6.45, 7) is 3.60. The number of aliphatic hydroxyl groups excluding tert-OH is 1. The minimum Gasteiger partial charge on any atom is -0.493 e. The normalized spacial score (nSPS) is 21.7. The molecule has 0 amide bonds. The highest BCUT2D eigenvalue weighted by molar-refractivity contribution is 5.79. The number of H-pyrrole nitrogens is 1. The van der Waals surface area contributed by atoms with Crippen molar-refractivity contribution in [2.24, 2.45) is 5.92 Å². The third-order valence-corrected chi connectivity index (χ3v) is 6.66. The van der Waals surface area contributed by atoms with E-state index in [1.165, 1.54) is 18.4 Å². The van der Waals surface area contributed by atoms with Gasteiger partial charge in [0.05, 0.1) is 23.7 Å². The second kappa shape index (κ2) is 8.52. The molecule has 0 unspecified atom stereocenters. The van der Waals surface area contributed by atoms with Crippen LogP contribution in [0.4, 0.5) is 0 Å². The zero-order valence-electron chi connectivity index (χ0n) is 18.0. The molecule has 1 aliphatic carbocycles. The van der Waals surface area contributed by atoms with Crippen LogP contribution in [0.3, 0.4) is 0 Å². The third kappa shape index (κ3) is 4.41. The van der Waals surface area contributed by atoms with Crippen LogP contribution in [-0.2, 0) is 13.0 Å². The molecule has 3 aromatic rings. The number of nitrogens with zero attached hydrogens (tertiary/aromatic N) is 1. The molecule has 1 saturated carbocycles. The second-order valence-electron chi connectivity index (χ2n) is 9.17. The summed E-state index contributed by atoms with van der Waals surface area (Å²) < 4.78 is 7.58. The Morgan fingerprint density at radius 3 is 2.77 bits per heavy atom. The quantitative estimate of drug-likeness (QED) is 0.520. The summed E-state index contributed by atoms with van der Waals surface area (Å²) in [6.07, 6.45) is 4.61. The SMILES string of the molecule is C[C@@H](CCc1ccc(OCC2CC2)cc1)N[C@@H]1CCn2c(=O)[nH]c3cccc(c32)[C@H]1O. The molecule has 6 heteroatoms. The average Bonchev–Trinajstić information content (AvgIpc) is 3.56. The van der Waals surface area contributed by atoms with Gasteiger partial charge in [0.1, 0.15) is 5.75 Å². The van der Waals surface area contributed by atoms with E-state index in [4.69, 9.17) is 4.74 Å². The van der Waals surface area contributed by atoms with Crippen LogP contribution >= 0.6 is 0 Å². The lowest BCUT2D eigenvalue weighted by molar-refractivity contribution is 0.119. The number of benzene rings is 2. The monoisotopic (exact) mass is 421 g/mol. The molecule has 2 heterocycles. The van der Waals surface area contributed by atoms with E-state index in [0.29, 0.717) is 13.0 Å². The number of nitrogens with one attached hydrogen (secondary N) is 2. The lowest BCUT2D eigenvalue weighted by atomic mass is 9.98. The highest BCUT2D eigenvalue weighted by atomic mass is 16.5. The summed E-state index contributed by atoms with van der Waals surface area (Å²) in [7, 11) is 0. The van der Waals surface area contributed by atoms with Crippen molar-refractivity contribution in [2.45, 2.75) is 63.8 Å². The number of aliphatic hydroxyl groups is 1. The van der Waals surface area contributed by atoms with E-state index in [9.17, 15) is 9.90 Å². The Kier molecular flexibility index (Phi) is 5.59. The Bertz CT molecular complexity index is 1100. The first kappa shape index (κ1) is 20.3.